The van der Waals surface area contributed by atoms with Crippen LogP contribution in [0.1, 0.15) is 19.8 Å². The largest absolute Gasteiger partial charge is 0.356 e. The number of hydrogen-bond acceptors (Lipinski definition) is 6. The number of piperazine rings is 1. The number of aliphatic imine (C=N–C) groups is 1. The summed E-state index contributed by atoms with van der Waals surface area (Å²) in [6, 6.07) is 1.87. The van der Waals surface area contributed by atoms with Gasteiger partial charge < -0.3 is 15.1 Å². The van der Waals surface area contributed by atoms with E-state index in [1.54, 1.807) is 0 Å². The van der Waals surface area contributed by atoms with Crippen molar-refractivity contribution in [1.29, 1.82) is 0 Å². The quantitative estimate of drug-likeness (QED) is 0.267. The summed E-state index contributed by atoms with van der Waals surface area (Å²) >= 11 is 2.10. The smallest absolute Gasteiger partial charge is 0.225 e. The Bertz CT molecular complexity index is 581. The van der Waals surface area contributed by atoms with Crippen LogP contribution in [-0.4, -0.2) is 96.1 Å². The topological polar surface area (TPSA) is 59.9 Å². The molecule has 1 N–H and O–H groups in total. The number of guanidine groups is 1. The van der Waals surface area contributed by atoms with Crippen molar-refractivity contribution >= 4 is 47.6 Å². The molecule has 0 bridgehead atoms. The number of nitrogens with one attached hydrogen (secondary N) is 1. The highest BCUT2D eigenvalue weighted by atomic mass is 127. The second kappa shape index (κ2) is 12.7. The summed E-state index contributed by atoms with van der Waals surface area (Å²) in [5, 5.41) is 4.31. The second-order valence-corrected chi connectivity index (χ2v) is 8.46. The minimum absolute atomic E-state index is 0. The third-order valence-electron chi connectivity index (χ3n) is 5.25. The Morgan fingerprint density at radius 2 is 1.96 bits per heavy atom. The number of nitrogens with zero attached hydrogens (tertiary/aromatic N) is 6. The van der Waals surface area contributed by atoms with Gasteiger partial charge in [0.05, 0.1) is 0 Å². The van der Waals surface area contributed by atoms with Crippen LogP contribution < -0.4 is 10.2 Å². The van der Waals surface area contributed by atoms with Gasteiger partial charge in [0.1, 0.15) is 0 Å². The Labute approximate surface area is 190 Å². The van der Waals surface area contributed by atoms with Gasteiger partial charge >= 0.3 is 0 Å². The number of thioether (sulfide) groups is 1. The first-order chi connectivity index (χ1) is 13.3. The van der Waals surface area contributed by atoms with Crippen LogP contribution in [0.5, 0.6) is 0 Å². The molecule has 1 aromatic rings. The second-order valence-electron chi connectivity index (χ2n) is 7.05. The maximum Gasteiger partial charge on any atom is 0.225 e. The van der Waals surface area contributed by atoms with Crippen molar-refractivity contribution in [2.24, 2.45) is 4.99 Å². The molecule has 1 atom stereocenters. The fraction of sp³-hybridized carbons (Fsp3) is 0.737. The molecule has 28 heavy (non-hydrogen) atoms. The van der Waals surface area contributed by atoms with Crippen LogP contribution in [0.25, 0.3) is 0 Å². The molecule has 2 saturated heterocycles. The number of hydrogen-bond donors (Lipinski definition) is 1. The Kier molecular flexibility index (Phi) is 10.6. The van der Waals surface area contributed by atoms with E-state index in [2.05, 4.69) is 53.7 Å². The summed E-state index contributed by atoms with van der Waals surface area (Å²) in [6.07, 6.45) is 6.01. The molecule has 2 fully saturated rings. The fourth-order valence-corrected chi connectivity index (χ4v) is 4.80. The molecule has 2 aliphatic heterocycles. The van der Waals surface area contributed by atoms with Gasteiger partial charge in [-0.3, -0.25) is 9.89 Å². The standard InChI is InChI=1S/C19H33N7S.HI/c1-3-17-16-26(14-15-27-17)18(20-2)21-8-5-9-24-10-12-25(13-11-24)19-22-6-4-7-23-19;/h4,6-7,17H,3,5,8-16H2,1-2H3,(H,20,21);1H. The predicted octanol–water partition coefficient (Wildman–Crippen LogP) is 2.01. The van der Waals surface area contributed by atoms with Crippen molar-refractivity contribution in [2.45, 2.75) is 25.0 Å². The Morgan fingerprint density at radius 1 is 1.21 bits per heavy atom. The van der Waals surface area contributed by atoms with Gasteiger partial charge in [0.2, 0.25) is 5.95 Å². The van der Waals surface area contributed by atoms with Crippen molar-refractivity contribution < 1.29 is 0 Å². The van der Waals surface area contributed by atoms with E-state index in [4.69, 9.17) is 0 Å². The fourth-order valence-electron chi connectivity index (χ4n) is 3.62. The lowest BCUT2D eigenvalue weighted by Crippen LogP contribution is -2.49. The van der Waals surface area contributed by atoms with Crippen LogP contribution in [0.15, 0.2) is 23.5 Å². The van der Waals surface area contributed by atoms with Crippen molar-refractivity contribution in [1.82, 2.24) is 25.1 Å². The van der Waals surface area contributed by atoms with E-state index in [9.17, 15) is 0 Å². The van der Waals surface area contributed by atoms with E-state index in [1.165, 1.54) is 12.2 Å². The maximum absolute atomic E-state index is 4.50. The van der Waals surface area contributed by atoms with E-state index in [0.717, 1.165) is 75.9 Å². The molecule has 0 radical (unpaired) electrons. The molecular weight excluding hydrogens is 485 g/mol. The SMILES string of the molecule is CCC1CN(C(=NC)NCCCN2CCN(c3ncccn3)CC2)CCS1.I. The Balaban J connectivity index is 0.00000280. The zero-order valence-electron chi connectivity index (χ0n) is 17.1. The minimum Gasteiger partial charge on any atom is -0.356 e. The summed E-state index contributed by atoms with van der Waals surface area (Å²) in [4.78, 5) is 20.4. The van der Waals surface area contributed by atoms with Gasteiger partial charge in [-0.25, -0.2) is 9.97 Å². The molecule has 1 unspecified atom stereocenters. The molecule has 158 valence electrons. The summed E-state index contributed by atoms with van der Waals surface area (Å²) in [5.41, 5.74) is 0. The van der Waals surface area contributed by atoms with Gasteiger partial charge in [-0.05, 0) is 25.5 Å². The van der Waals surface area contributed by atoms with Crippen LogP contribution in [0.4, 0.5) is 5.95 Å². The van der Waals surface area contributed by atoms with E-state index in [-0.39, 0.29) is 24.0 Å². The van der Waals surface area contributed by atoms with Crippen molar-refractivity contribution in [3.63, 3.8) is 0 Å². The molecule has 0 aromatic carbocycles. The zero-order chi connectivity index (χ0) is 18.9. The molecule has 0 aliphatic carbocycles. The molecule has 0 saturated carbocycles. The molecule has 0 spiro atoms. The average Bonchev–Trinajstić information content (AvgIpc) is 2.75. The van der Waals surface area contributed by atoms with Crippen LogP contribution in [0, 0.1) is 0 Å². The molecule has 1 aromatic heterocycles. The molecule has 3 rings (SSSR count). The van der Waals surface area contributed by atoms with E-state index in [1.807, 2.05) is 25.5 Å². The monoisotopic (exact) mass is 519 g/mol. The van der Waals surface area contributed by atoms with Gasteiger partial charge in [0.15, 0.2) is 5.96 Å². The first-order valence-corrected chi connectivity index (χ1v) is 11.2. The van der Waals surface area contributed by atoms with Gasteiger partial charge in [0.25, 0.3) is 0 Å². The van der Waals surface area contributed by atoms with Gasteiger partial charge in [-0.2, -0.15) is 11.8 Å². The van der Waals surface area contributed by atoms with Crippen LogP contribution in [-0.2, 0) is 0 Å². The van der Waals surface area contributed by atoms with Crippen molar-refractivity contribution in [3.8, 4) is 0 Å². The Morgan fingerprint density at radius 3 is 2.64 bits per heavy atom. The lowest BCUT2D eigenvalue weighted by atomic mass is 10.3. The first kappa shape index (κ1) is 23.5. The molecule has 3 heterocycles. The minimum atomic E-state index is 0. The van der Waals surface area contributed by atoms with Crippen LogP contribution in [0.3, 0.4) is 0 Å². The lowest BCUT2D eigenvalue weighted by Gasteiger charge is -2.35. The first-order valence-electron chi connectivity index (χ1n) is 10.1. The van der Waals surface area contributed by atoms with Gasteiger partial charge in [-0.1, -0.05) is 6.92 Å². The molecule has 2 aliphatic rings. The summed E-state index contributed by atoms with van der Waals surface area (Å²) in [6.45, 7) is 10.8. The molecule has 7 nitrogen and oxygen atoms in total. The predicted molar refractivity (Wildman–Crippen MR) is 130 cm³/mol. The summed E-state index contributed by atoms with van der Waals surface area (Å²) < 4.78 is 0. The highest BCUT2D eigenvalue weighted by Gasteiger charge is 2.21. The zero-order valence-corrected chi connectivity index (χ0v) is 20.2. The summed E-state index contributed by atoms with van der Waals surface area (Å²) in [5.74, 6) is 3.13. The maximum atomic E-state index is 4.50. The van der Waals surface area contributed by atoms with Crippen molar-refractivity contribution in [2.75, 3.05) is 70.1 Å². The van der Waals surface area contributed by atoms with E-state index >= 15 is 0 Å². The highest BCUT2D eigenvalue weighted by molar-refractivity contribution is 14.0. The van der Waals surface area contributed by atoms with Gasteiger partial charge in [-0.15, -0.1) is 24.0 Å². The van der Waals surface area contributed by atoms with E-state index < -0.39 is 0 Å². The third-order valence-corrected chi connectivity index (χ3v) is 6.62. The van der Waals surface area contributed by atoms with E-state index in [0.29, 0.717) is 0 Å². The molecular formula is C19H34IN7S. The number of aromatic nitrogens is 2. The number of rotatable bonds is 6. The average molecular weight is 520 g/mol. The molecule has 9 heteroatoms. The normalized spacial score (nSPS) is 21.4. The number of anilines is 1. The highest BCUT2D eigenvalue weighted by Crippen LogP contribution is 2.21. The van der Waals surface area contributed by atoms with Crippen molar-refractivity contribution in [3.05, 3.63) is 18.5 Å². The molecule has 0 amide bonds. The van der Waals surface area contributed by atoms with Crippen LogP contribution in [0.2, 0.25) is 0 Å². The Hall–Kier alpha value is -0.810. The summed E-state index contributed by atoms with van der Waals surface area (Å²) in [7, 11) is 1.90. The third kappa shape index (κ3) is 6.91. The number of halogens is 1. The van der Waals surface area contributed by atoms with Crippen LogP contribution >= 0.6 is 35.7 Å². The lowest BCUT2D eigenvalue weighted by molar-refractivity contribution is 0.253. The van der Waals surface area contributed by atoms with Gasteiger partial charge in [0, 0.05) is 76.3 Å².